The topological polar surface area (TPSA) is 64.4 Å². The summed E-state index contributed by atoms with van der Waals surface area (Å²) in [6, 6.07) is 0.498. The number of amidine groups is 1. The molecule has 3 nitrogen and oxygen atoms in total. The van der Waals surface area contributed by atoms with Crippen LogP contribution in [0.15, 0.2) is 4.99 Å². The van der Waals surface area contributed by atoms with Crippen LogP contribution in [0.1, 0.15) is 19.3 Å². The standard InChI is InChI=1S/C8H15N3S/c9-4-5-1-2-6-7(3-5)12-8(10)11-6/h5-7H,1-4,9H2,(H2,10,11). The van der Waals surface area contributed by atoms with E-state index >= 15 is 0 Å². The second kappa shape index (κ2) is 3.26. The van der Waals surface area contributed by atoms with Gasteiger partial charge in [0.1, 0.15) is 0 Å². The molecule has 0 aromatic rings. The molecule has 1 heterocycles. The molecule has 0 spiro atoms. The molecule has 1 aliphatic heterocycles. The molecule has 12 heavy (non-hydrogen) atoms. The van der Waals surface area contributed by atoms with Crippen molar-refractivity contribution < 1.29 is 0 Å². The highest BCUT2D eigenvalue weighted by molar-refractivity contribution is 8.14. The third-order valence-electron chi connectivity index (χ3n) is 2.76. The SMILES string of the molecule is NCC1CCC2N=C(N)SC2C1. The van der Waals surface area contributed by atoms with E-state index in [2.05, 4.69) is 4.99 Å². The van der Waals surface area contributed by atoms with Gasteiger partial charge in [0, 0.05) is 5.25 Å². The summed E-state index contributed by atoms with van der Waals surface area (Å²) in [7, 11) is 0. The van der Waals surface area contributed by atoms with Crippen LogP contribution in [-0.2, 0) is 0 Å². The Bertz CT molecular complexity index is 204. The Morgan fingerprint density at radius 2 is 2.33 bits per heavy atom. The molecule has 4 heteroatoms. The smallest absolute Gasteiger partial charge is 0.154 e. The van der Waals surface area contributed by atoms with E-state index in [0.717, 1.165) is 11.7 Å². The van der Waals surface area contributed by atoms with Gasteiger partial charge in [-0.25, -0.2) is 0 Å². The maximum atomic E-state index is 5.66. The van der Waals surface area contributed by atoms with Gasteiger partial charge in [0.05, 0.1) is 6.04 Å². The Labute approximate surface area is 77.0 Å². The van der Waals surface area contributed by atoms with Crippen LogP contribution in [0.4, 0.5) is 0 Å². The van der Waals surface area contributed by atoms with E-state index in [0.29, 0.717) is 17.2 Å². The highest BCUT2D eigenvalue weighted by Gasteiger charge is 2.34. The van der Waals surface area contributed by atoms with Crippen molar-refractivity contribution in [1.29, 1.82) is 0 Å². The van der Waals surface area contributed by atoms with Crippen molar-refractivity contribution in [2.75, 3.05) is 6.54 Å². The number of rotatable bonds is 1. The van der Waals surface area contributed by atoms with Crippen LogP contribution in [-0.4, -0.2) is 23.0 Å². The van der Waals surface area contributed by atoms with E-state index in [1.54, 1.807) is 11.8 Å². The van der Waals surface area contributed by atoms with E-state index in [4.69, 9.17) is 11.5 Å². The number of hydrogen-bond acceptors (Lipinski definition) is 4. The van der Waals surface area contributed by atoms with Gasteiger partial charge in [-0.2, -0.15) is 0 Å². The van der Waals surface area contributed by atoms with Gasteiger partial charge in [0.15, 0.2) is 5.17 Å². The minimum absolute atomic E-state index is 0.498. The van der Waals surface area contributed by atoms with Gasteiger partial charge < -0.3 is 11.5 Å². The number of nitrogens with zero attached hydrogens (tertiary/aromatic N) is 1. The van der Waals surface area contributed by atoms with Crippen molar-refractivity contribution in [3.8, 4) is 0 Å². The van der Waals surface area contributed by atoms with Gasteiger partial charge in [-0.3, -0.25) is 4.99 Å². The van der Waals surface area contributed by atoms with Crippen LogP contribution < -0.4 is 11.5 Å². The van der Waals surface area contributed by atoms with Gasteiger partial charge in [-0.05, 0) is 31.7 Å². The molecule has 0 bridgehead atoms. The molecular formula is C8H15N3S. The minimum Gasteiger partial charge on any atom is -0.379 e. The summed E-state index contributed by atoms with van der Waals surface area (Å²) >= 11 is 1.74. The van der Waals surface area contributed by atoms with Gasteiger partial charge >= 0.3 is 0 Å². The fraction of sp³-hybridized carbons (Fsp3) is 0.875. The zero-order valence-corrected chi connectivity index (χ0v) is 7.89. The molecule has 0 aromatic carbocycles. The third-order valence-corrected chi connectivity index (χ3v) is 3.92. The molecule has 3 unspecified atom stereocenters. The molecule has 0 saturated heterocycles. The van der Waals surface area contributed by atoms with Crippen molar-refractivity contribution in [1.82, 2.24) is 0 Å². The summed E-state index contributed by atoms with van der Waals surface area (Å²) in [6.07, 6.45) is 3.62. The van der Waals surface area contributed by atoms with E-state index in [1.807, 2.05) is 0 Å². The molecule has 0 aromatic heterocycles. The van der Waals surface area contributed by atoms with Crippen LogP contribution >= 0.6 is 11.8 Å². The van der Waals surface area contributed by atoms with Crippen molar-refractivity contribution in [3.63, 3.8) is 0 Å². The lowest BCUT2D eigenvalue weighted by Gasteiger charge is -2.28. The Morgan fingerprint density at radius 3 is 3.08 bits per heavy atom. The largest absolute Gasteiger partial charge is 0.379 e. The van der Waals surface area contributed by atoms with Gasteiger partial charge in [-0.1, -0.05) is 11.8 Å². The lowest BCUT2D eigenvalue weighted by atomic mass is 9.86. The first-order valence-corrected chi connectivity index (χ1v) is 5.37. The molecular weight excluding hydrogens is 170 g/mol. The van der Waals surface area contributed by atoms with E-state index in [9.17, 15) is 0 Å². The third kappa shape index (κ3) is 1.45. The first kappa shape index (κ1) is 8.38. The van der Waals surface area contributed by atoms with Gasteiger partial charge in [-0.15, -0.1) is 0 Å². The van der Waals surface area contributed by atoms with Crippen LogP contribution in [0.5, 0.6) is 0 Å². The minimum atomic E-state index is 0.498. The summed E-state index contributed by atoms with van der Waals surface area (Å²) in [5.74, 6) is 0.708. The Kier molecular flexibility index (Phi) is 2.28. The molecule has 1 aliphatic carbocycles. The molecule has 1 saturated carbocycles. The predicted molar refractivity (Wildman–Crippen MR) is 53.2 cm³/mol. The number of nitrogens with two attached hydrogens (primary N) is 2. The maximum Gasteiger partial charge on any atom is 0.154 e. The van der Waals surface area contributed by atoms with Crippen LogP contribution in [0.3, 0.4) is 0 Å². The summed E-state index contributed by atoms with van der Waals surface area (Å²) in [5.41, 5.74) is 11.3. The maximum absolute atomic E-state index is 5.66. The lowest BCUT2D eigenvalue weighted by molar-refractivity contribution is 0.347. The van der Waals surface area contributed by atoms with E-state index < -0.39 is 0 Å². The summed E-state index contributed by atoms with van der Waals surface area (Å²) in [6.45, 7) is 0.823. The summed E-state index contributed by atoms with van der Waals surface area (Å²) in [4.78, 5) is 4.40. The number of aliphatic imine (C=N–C) groups is 1. The molecule has 2 aliphatic rings. The highest BCUT2D eigenvalue weighted by atomic mass is 32.2. The van der Waals surface area contributed by atoms with Gasteiger partial charge in [0.25, 0.3) is 0 Å². The molecule has 0 radical (unpaired) electrons. The van der Waals surface area contributed by atoms with Crippen LogP contribution in [0.25, 0.3) is 0 Å². The molecule has 4 N–H and O–H groups in total. The average molecular weight is 185 g/mol. The molecule has 3 atom stereocenters. The van der Waals surface area contributed by atoms with E-state index in [-0.39, 0.29) is 0 Å². The summed E-state index contributed by atoms with van der Waals surface area (Å²) < 4.78 is 0. The molecule has 0 amide bonds. The van der Waals surface area contributed by atoms with Crippen molar-refractivity contribution >= 4 is 16.9 Å². The van der Waals surface area contributed by atoms with Crippen molar-refractivity contribution in [2.24, 2.45) is 22.4 Å². The fourth-order valence-corrected chi connectivity index (χ4v) is 3.26. The zero-order chi connectivity index (χ0) is 8.55. The quantitative estimate of drug-likeness (QED) is 0.627. The Morgan fingerprint density at radius 1 is 1.50 bits per heavy atom. The van der Waals surface area contributed by atoms with Crippen LogP contribution in [0.2, 0.25) is 0 Å². The molecule has 68 valence electrons. The fourth-order valence-electron chi connectivity index (χ4n) is 2.03. The number of fused-ring (bicyclic) bond motifs is 1. The van der Waals surface area contributed by atoms with Crippen LogP contribution in [0, 0.1) is 5.92 Å². The molecule has 1 fully saturated rings. The normalized spacial score (nSPS) is 40.8. The van der Waals surface area contributed by atoms with Crippen molar-refractivity contribution in [3.05, 3.63) is 0 Å². The first-order valence-electron chi connectivity index (χ1n) is 4.49. The summed E-state index contributed by atoms with van der Waals surface area (Å²) in [5, 5.41) is 1.41. The Hall–Kier alpha value is -0.220. The van der Waals surface area contributed by atoms with Crippen molar-refractivity contribution in [2.45, 2.75) is 30.6 Å². The highest BCUT2D eigenvalue weighted by Crippen LogP contribution is 2.37. The zero-order valence-electron chi connectivity index (χ0n) is 7.07. The monoisotopic (exact) mass is 185 g/mol. The predicted octanol–water partition coefficient (Wildman–Crippen LogP) is 0.544. The Balaban J connectivity index is 1.97. The number of thioether (sulfide) groups is 1. The lowest BCUT2D eigenvalue weighted by Crippen LogP contribution is -2.31. The number of hydrogen-bond donors (Lipinski definition) is 2. The molecule has 2 rings (SSSR count). The first-order chi connectivity index (χ1) is 5.79. The van der Waals surface area contributed by atoms with Gasteiger partial charge in [0.2, 0.25) is 0 Å². The second-order valence-electron chi connectivity index (χ2n) is 3.61. The average Bonchev–Trinajstić information content (AvgIpc) is 2.43. The second-order valence-corrected chi connectivity index (χ2v) is 4.87. The van der Waals surface area contributed by atoms with E-state index in [1.165, 1.54) is 19.3 Å².